The summed E-state index contributed by atoms with van der Waals surface area (Å²) in [7, 11) is -2.18. The van der Waals surface area contributed by atoms with E-state index in [9.17, 15) is 18.0 Å². The molecule has 1 aromatic heterocycles. The molecule has 3 aromatic carbocycles. The fraction of sp³-hybridized carbons (Fsp3) is 0.250. The van der Waals surface area contributed by atoms with Crippen molar-refractivity contribution < 1.29 is 27.5 Å². The highest BCUT2D eigenvalue weighted by atomic mass is 32.2. The smallest absolute Gasteiger partial charge is 0.338 e. The Morgan fingerprint density at radius 3 is 2.51 bits per heavy atom. The number of fused-ring (bicyclic) bond motifs is 2. The Bertz CT molecular complexity index is 1720. The zero-order valence-electron chi connectivity index (χ0n) is 21.5. The zero-order chi connectivity index (χ0) is 27.6. The van der Waals surface area contributed by atoms with Crippen LogP contribution in [-0.4, -0.2) is 51.7 Å². The number of carbonyl (C=O) groups excluding carboxylic acids is 2. The number of carbonyl (C=O) groups is 2. The first kappa shape index (κ1) is 26.8. The van der Waals surface area contributed by atoms with E-state index >= 15 is 0 Å². The van der Waals surface area contributed by atoms with Crippen LogP contribution in [-0.2, 0) is 32.5 Å². The minimum atomic E-state index is -3.77. The summed E-state index contributed by atoms with van der Waals surface area (Å²) < 4.78 is 41.0. The number of methoxy groups -OCH3 is 1. The Kier molecular flexibility index (Phi) is 7.65. The fourth-order valence-corrected chi connectivity index (χ4v) is 7.10. The van der Waals surface area contributed by atoms with Gasteiger partial charge in [-0.3, -0.25) is 9.10 Å². The lowest BCUT2D eigenvalue weighted by atomic mass is 10.2. The monoisotopic (exact) mass is 565 g/mol. The van der Waals surface area contributed by atoms with E-state index in [1.165, 1.54) is 39.9 Å². The molecule has 202 valence electrons. The first-order valence-electron chi connectivity index (χ1n) is 12.4. The van der Waals surface area contributed by atoms with Crippen molar-refractivity contribution in [2.45, 2.75) is 24.8 Å². The van der Waals surface area contributed by atoms with E-state index < -0.39 is 21.9 Å². The molecule has 0 atom stereocenters. The second-order valence-electron chi connectivity index (χ2n) is 8.83. The van der Waals surface area contributed by atoms with Gasteiger partial charge in [0.2, 0.25) is 0 Å². The fourth-order valence-electron chi connectivity index (χ4n) is 4.50. The number of amides is 1. The van der Waals surface area contributed by atoms with Gasteiger partial charge < -0.3 is 14.0 Å². The van der Waals surface area contributed by atoms with Crippen molar-refractivity contribution in [3.63, 3.8) is 0 Å². The van der Waals surface area contributed by atoms with Crippen LogP contribution < -0.4 is 9.11 Å². The summed E-state index contributed by atoms with van der Waals surface area (Å²) >= 11 is 1.27. The maximum atomic E-state index is 13.3. The SMILES string of the molecule is CCOC(=O)c1ccc2c(c1)sc(=NC(=O)c1ccc(S(=O)(=O)N3CCc4ccccc43)cc1)n2CCOC. The van der Waals surface area contributed by atoms with Crippen LogP contribution in [0.25, 0.3) is 10.2 Å². The Balaban J connectivity index is 1.45. The molecule has 0 N–H and O–H groups in total. The summed E-state index contributed by atoms with van der Waals surface area (Å²) in [5, 5.41) is 0. The molecular weight excluding hydrogens is 538 g/mol. The van der Waals surface area contributed by atoms with Gasteiger partial charge >= 0.3 is 5.97 Å². The van der Waals surface area contributed by atoms with Gasteiger partial charge in [0, 0.05) is 25.8 Å². The highest BCUT2D eigenvalue weighted by Crippen LogP contribution is 2.32. The van der Waals surface area contributed by atoms with Gasteiger partial charge in [0.05, 0.1) is 39.6 Å². The number of ether oxygens (including phenoxy) is 2. The number of sulfonamides is 1. The molecule has 0 saturated heterocycles. The molecule has 2 heterocycles. The molecule has 0 unspecified atom stereocenters. The van der Waals surface area contributed by atoms with Gasteiger partial charge in [-0.25, -0.2) is 13.2 Å². The van der Waals surface area contributed by atoms with E-state index in [4.69, 9.17) is 9.47 Å². The van der Waals surface area contributed by atoms with Crippen LogP contribution in [0, 0.1) is 0 Å². The molecule has 0 radical (unpaired) electrons. The van der Waals surface area contributed by atoms with Crippen molar-refractivity contribution in [2.75, 3.05) is 31.2 Å². The maximum absolute atomic E-state index is 13.3. The number of thiazole rings is 1. The third-order valence-corrected chi connectivity index (χ3v) is 9.31. The molecule has 5 rings (SSSR count). The second kappa shape index (κ2) is 11.1. The molecule has 0 spiro atoms. The lowest BCUT2D eigenvalue weighted by molar-refractivity contribution is 0.0526. The molecule has 1 aliphatic heterocycles. The molecule has 4 aromatic rings. The van der Waals surface area contributed by atoms with E-state index in [1.54, 1.807) is 38.3 Å². The maximum Gasteiger partial charge on any atom is 0.338 e. The van der Waals surface area contributed by atoms with E-state index in [0.717, 1.165) is 15.8 Å². The molecule has 0 aliphatic carbocycles. The number of nitrogens with zero attached hydrogens (tertiary/aromatic N) is 3. The number of hydrogen-bond donors (Lipinski definition) is 0. The van der Waals surface area contributed by atoms with Gasteiger partial charge in [0.25, 0.3) is 15.9 Å². The largest absolute Gasteiger partial charge is 0.462 e. The molecule has 1 aliphatic rings. The van der Waals surface area contributed by atoms with Crippen LogP contribution in [0.1, 0.15) is 33.2 Å². The van der Waals surface area contributed by atoms with Crippen LogP contribution in [0.4, 0.5) is 5.69 Å². The average molecular weight is 566 g/mol. The summed E-state index contributed by atoms with van der Waals surface area (Å²) in [6.07, 6.45) is 0.657. The Labute approximate surface area is 230 Å². The molecule has 39 heavy (non-hydrogen) atoms. The van der Waals surface area contributed by atoms with Crippen molar-refractivity contribution >= 4 is 49.1 Å². The predicted octanol–water partition coefficient (Wildman–Crippen LogP) is 4.02. The minimum absolute atomic E-state index is 0.110. The first-order valence-corrected chi connectivity index (χ1v) is 14.7. The van der Waals surface area contributed by atoms with Gasteiger partial charge in [-0.05, 0) is 67.4 Å². The predicted molar refractivity (Wildman–Crippen MR) is 149 cm³/mol. The van der Waals surface area contributed by atoms with E-state index in [-0.39, 0.29) is 17.1 Å². The third-order valence-electron chi connectivity index (χ3n) is 6.44. The zero-order valence-corrected chi connectivity index (χ0v) is 23.1. The topological polar surface area (TPSA) is 107 Å². The Hall–Kier alpha value is -3.80. The lowest BCUT2D eigenvalue weighted by Crippen LogP contribution is -2.29. The number of aromatic nitrogens is 1. The third kappa shape index (κ3) is 5.25. The molecule has 11 heteroatoms. The quantitative estimate of drug-likeness (QED) is 0.299. The van der Waals surface area contributed by atoms with E-state index in [0.29, 0.717) is 42.2 Å². The number of esters is 1. The van der Waals surface area contributed by atoms with Crippen LogP contribution in [0.15, 0.2) is 76.6 Å². The Morgan fingerprint density at radius 1 is 1.03 bits per heavy atom. The van der Waals surface area contributed by atoms with Gasteiger partial charge in [0.1, 0.15) is 0 Å². The number of anilines is 1. The van der Waals surface area contributed by atoms with Crippen LogP contribution >= 0.6 is 11.3 Å². The summed E-state index contributed by atoms with van der Waals surface area (Å²) in [5.41, 5.74) is 3.16. The normalized spacial score (nSPS) is 13.6. The van der Waals surface area contributed by atoms with E-state index in [2.05, 4.69) is 4.99 Å². The summed E-state index contributed by atoms with van der Waals surface area (Å²) in [5.74, 6) is -0.924. The van der Waals surface area contributed by atoms with Crippen molar-refractivity contribution in [3.05, 3.63) is 88.2 Å². The molecule has 1 amide bonds. The highest BCUT2D eigenvalue weighted by Gasteiger charge is 2.30. The first-order chi connectivity index (χ1) is 18.8. The number of rotatable bonds is 8. The molecule has 9 nitrogen and oxygen atoms in total. The standard InChI is InChI=1S/C28H27N3O6S2/c1-3-37-27(33)21-10-13-24-25(18-21)38-28(30(24)16-17-36-2)29-26(32)20-8-11-22(12-9-20)39(34,35)31-15-14-19-6-4-5-7-23(19)31/h4-13,18H,3,14-17H2,1-2H3. The molecule has 0 fully saturated rings. The van der Waals surface area contributed by atoms with Gasteiger partial charge in [-0.1, -0.05) is 29.5 Å². The van der Waals surface area contributed by atoms with Crippen molar-refractivity contribution in [3.8, 4) is 0 Å². The lowest BCUT2D eigenvalue weighted by Gasteiger charge is -2.19. The summed E-state index contributed by atoms with van der Waals surface area (Å²) in [6, 6.07) is 18.5. The molecule has 0 bridgehead atoms. The van der Waals surface area contributed by atoms with Crippen LogP contribution in [0.5, 0.6) is 0 Å². The second-order valence-corrected chi connectivity index (χ2v) is 11.7. The summed E-state index contributed by atoms with van der Waals surface area (Å²) in [6.45, 7) is 3.25. The minimum Gasteiger partial charge on any atom is -0.462 e. The number of para-hydroxylation sites is 1. The molecule has 0 saturated carbocycles. The van der Waals surface area contributed by atoms with Gasteiger partial charge in [-0.15, -0.1) is 0 Å². The van der Waals surface area contributed by atoms with Crippen molar-refractivity contribution in [1.82, 2.24) is 4.57 Å². The average Bonchev–Trinajstić information content (AvgIpc) is 3.53. The van der Waals surface area contributed by atoms with Crippen molar-refractivity contribution in [1.29, 1.82) is 0 Å². The number of hydrogen-bond acceptors (Lipinski definition) is 7. The van der Waals surface area contributed by atoms with Gasteiger partial charge in [0.15, 0.2) is 4.80 Å². The van der Waals surface area contributed by atoms with Gasteiger partial charge in [-0.2, -0.15) is 4.99 Å². The highest BCUT2D eigenvalue weighted by molar-refractivity contribution is 7.92. The van der Waals surface area contributed by atoms with Crippen molar-refractivity contribution in [2.24, 2.45) is 4.99 Å². The number of benzene rings is 3. The van der Waals surface area contributed by atoms with Crippen LogP contribution in [0.3, 0.4) is 0 Å². The Morgan fingerprint density at radius 2 is 1.77 bits per heavy atom. The molecular formula is C28H27N3O6S2. The van der Waals surface area contributed by atoms with Crippen LogP contribution in [0.2, 0.25) is 0 Å². The summed E-state index contributed by atoms with van der Waals surface area (Å²) in [4.78, 5) is 30.2. The van der Waals surface area contributed by atoms with E-state index in [1.807, 2.05) is 22.8 Å².